The third kappa shape index (κ3) is 3.13. The van der Waals surface area contributed by atoms with Crippen LogP contribution in [0.3, 0.4) is 0 Å². The molecule has 0 bridgehead atoms. The van der Waals surface area contributed by atoms with Crippen molar-refractivity contribution < 1.29 is 4.79 Å². The van der Waals surface area contributed by atoms with Gasteiger partial charge in [0.1, 0.15) is 11.5 Å². The van der Waals surface area contributed by atoms with Crippen LogP contribution in [0.5, 0.6) is 0 Å². The SMILES string of the molecule is Cc1cnc(-c2cccnc2)n1CCNC(=O)c1ccnn1C. The van der Waals surface area contributed by atoms with Crippen LogP contribution in [0.1, 0.15) is 16.2 Å². The van der Waals surface area contributed by atoms with E-state index in [4.69, 9.17) is 0 Å². The molecule has 3 aromatic heterocycles. The van der Waals surface area contributed by atoms with Gasteiger partial charge in [0.2, 0.25) is 0 Å². The van der Waals surface area contributed by atoms with E-state index in [0.29, 0.717) is 18.8 Å². The van der Waals surface area contributed by atoms with Gasteiger partial charge in [0.05, 0.1) is 0 Å². The van der Waals surface area contributed by atoms with Crippen LogP contribution in [0.25, 0.3) is 11.4 Å². The van der Waals surface area contributed by atoms with Crippen LogP contribution in [0.15, 0.2) is 43.0 Å². The quantitative estimate of drug-likeness (QED) is 0.773. The van der Waals surface area contributed by atoms with Crippen molar-refractivity contribution in [3.05, 3.63) is 54.4 Å². The molecular weight excluding hydrogens is 292 g/mol. The van der Waals surface area contributed by atoms with E-state index in [1.54, 1.807) is 36.4 Å². The van der Waals surface area contributed by atoms with E-state index >= 15 is 0 Å². The van der Waals surface area contributed by atoms with Crippen LogP contribution >= 0.6 is 0 Å². The van der Waals surface area contributed by atoms with Gasteiger partial charge in [0.25, 0.3) is 5.91 Å². The Morgan fingerprint density at radius 2 is 2.13 bits per heavy atom. The third-order valence-corrected chi connectivity index (χ3v) is 3.65. The fourth-order valence-electron chi connectivity index (χ4n) is 2.44. The molecule has 0 spiro atoms. The number of nitrogens with one attached hydrogen (secondary N) is 1. The van der Waals surface area contributed by atoms with Crippen molar-refractivity contribution in [2.75, 3.05) is 6.54 Å². The number of hydrogen-bond donors (Lipinski definition) is 1. The molecule has 0 radical (unpaired) electrons. The van der Waals surface area contributed by atoms with Crippen molar-refractivity contribution in [3.63, 3.8) is 0 Å². The van der Waals surface area contributed by atoms with Crippen LogP contribution in [0.4, 0.5) is 0 Å². The fourth-order valence-corrected chi connectivity index (χ4v) is 2.44. The van der Waals surface area contributed by atoms with Crippen molar-refractivity contribution in [1.29, 1.82) is 0 Å². The number of aromatic nitrogens is 5. The normalized spacial score (nSPS) is 10.7. The lowest BCUT2D eigenvalue weighted by molar-refractivity contribution is 0.0943. The number of hydrogen-bond acceptors (Lipinski definition) is 4. The van der Waals surface area contributed by atoms with Gasteiger partial charge in [-0.2, -0.15) is 5.10 Å². The summed E-state index contributed by atoms with van der Waals surface area (Å²) in [7, 11) is 1.75. The van der Waals surface area contributed by atoms with E-state index in [1.165, 1.54) is 0 Å². The van der Waals surface area contributed by atoms with Crippen LogP contribution in [0, 0.1) is 6.92 Å². The van der Waals surface area contributed by atoms with E-state index in [9.17, 15) is 4.79 Å². The summed E-state index contributed by atoms with van der Waals surface area (Å²) in [6.45, 7) is 3.14. The summed E-state index contributed by atoms with van der Waals surface area (Å²) in [6, 6.07) is 5.55. The third-order valence-electron chi connectivity index (χ3n) is 3.65. The Bertz CT molecular complexity index is 805. The molecular formula is C16H18N6O. The summed E-state index contributed by atoms with van der Waals surface area (Å²) in [4.78, 5) is 20.7. The molecule has 3 rings (SSSR count). The molecule has 0 atom stereocenters. The molecule has 118 valence electrons. The molecule has 0 saturated heterocycles. The van der Waals surface area contributed by atoms with Crippen molar-refractivity contribution in [2.24, 2.45) is 7.05 Å². The Morgan fingerprint density at radius 3 is 2.83 bits per heavy atom. The number of nitrogens with zero attached hydrogens (tertiary/aromatic N) is 5. The van der Waals surface area contributed by atoms with Crippen molar-refractivity contribution in [1.82, 2.24) is 29.6 Å². The second-order valence-corrected chi connectivity index (χ2v) is 5.21. The van der Waals surface area contributed by atoms with Crippen LogP contribution in [0.2, 0.25) is 0 Å². The number of rotatable bonds is 5. The molecule has 0 aromatic carbocycles. The number of amides is 1. The van der Waals surface area contributed by atoms with Crippen LogP contribution in [-0.2, 0) is 13.6 Å². The lowest BCUT2D eigenvalue weighted by atomic mass is 10.2. The van der Waals surface area contributed by atoms with Gasteiger partial charge < -0.3 is 9.88 Å². The predicted molar refractivity (Wildman–Crippen MR) is 85.7 cm³/mol. The molecule has 0 fully saturated rings. The minimum atomic E-state index is -0.134. The smallest absolute Gasteiger partial charge is 0.269 e. The molecule has 7 heteroatoms. The maximum Gasteiger partial charge on any atom is 0.269 e. The molecule has 23 heavy (non-hydrogen) atoms. The number of carbonyl (C=O) groups is 1. The first kappa shape index (κ1) is 15.0. The molecule has 0 aliphatic rings. The van der Waals surface area contributed by atoms with Gasteiger partial charge in [-0.3, -0.25) is 14.5 Å². The van der Waals surface area contributed by atoms with Gasteiger partial charge in [-0.1, -0.05) is 0 Å². The number of imidazole rings is 1. The fraction of sp³-hybridized carbons (Fsp3) is 0.250. The molecule has 3 heterocycles. The monoisotopic (exact) mass is 310 g/mol. The van der Waals surface area contributed by atoms with Gasteiger partial charge in [0, 0.05) is 56.2 Å². The first-order valence-corrected chi connectivity index (χ1v) is 7.35. The zero-order valence-electron chi connectivity index (χ0n) is 13.1. The Labute approximate surface area is 134 Å². The highest BCUT2D eigenvalue weighted by Gasteiger charge is 2.11. The Hall–Kier alpha value is -2.96. The first-order chi connectivity index (χ1) is 11.2. The van der Waals surface area contributed by atoms with Gasteiger partial charge in [-0.25, -0.2) is 4.98 Å². The summed E-state index contributed by atoms with van der Waals surface area (Å²) in [5.41, 5.74) is 2.54. The second-order valence-electron chi connectivity index (χ2n) is 5.21. The van der Waals surface area contributed by atoms with Crippen molar-refractivity contribution >= 4 is 5.91 Å². The van der Waals surface area contributed by atoms with E-state index in [1.807, 2.05) is 25.3 Å². The molecule has 0 aliphatic heterocycles. The summed E-state index contributed by atoms with van der Waals surface area (Å²) < 4.78 is 3.62. The minimum absolute atomic E-state index is 0.134. The molecule has 1 amide bonds. The number of pyridine rings is 1. The Balaban J connectivity index is 1.68. The van der Waals surface area contributed by atoms with E-state index in [2.05, 4.69) is 25.0 Å². The maximum atomic E-state index is 12.1. The van der Waals surface area contributed by atoms with E-state index in [-0.39, 0.29) is 5.91 Å². The van der Waals surface area contributed by atoms with Crippen LogP contribution in [-0.4, -0.2) is 36.8 Å². The highest BCUT2D eigenvalue weighted by Crippen LogP contribution is 2.17. The Morgan fingerprint density at radius 1 is 1.26 bits per heavy atom. The zero-order valence-corrected chi connectivity index (χ0v) is 13.1. The summed E-state index contributed by atoms with van der Waals surface area (Å²) in [6.07, 6.45) is 6.95. The largest absolute Gasteiger partial charge is 0.349 e. The van der Waals surface area contributed by atoms with Crippen LogP contribution < -0.4 is 5.32 Å². The van der Waals surface area contributed by atoms with Crippen molar-refractivity contribution in [3.8, 4) is 11.4 Å². The summed E-state index contributed by atoms with van der Waals surface area (Å²) in [5.74, 6) is 0.719. The highest BCUT2D eigenvalue weighted by molar-refractivity contribution is 5.92. The summed E-state index contributed by atoms with van der Waals surface area (Å²) in [5, 5.41) is 6.90. The topological polar surface area (TPSA) is 77.6 Å². The Kier molecular flexibility index (Phi) is 4.18. The highest BCUT2D eigenvalue weighted by atomic mass is 16.2. The average molecular weight is 310 g/mol. The molecule has 1 N–H and O–H groups in total. The van der Waals surface area contributed by atoms with Gasteiger partial charge in [0.15, 0.2) is 0 Å². The predicted octanol–water partition coefficient (Wildman–Crippen LogP) is 1.42. The first-order valence-electron chi connectivity index (χ1n) is 7.35. The average Bonchev–Trinajstić information content (AvgIpc) is 3.15. The van der Waals surface area contributed by atoms with Gasteiger partial charge in [-0.05, 0) is 25.1 Å². The minimum Gasteiger partial charge on any atom is -0.349 e. The summed E-state index contributed by atoms with van der Waals surface area (Å²) >= 11 is 0. The lowest BCUT2D eigenvalue weighted by Crippen LogP contribution is -2.29. The number of carbonyl (C=O) groups excluding carboxylic acids is 1. The molecule has 0 saturated carbocycles. The van der Waals surface area contributed by atoms with Crippen molar-refractivity contribution in [2.45, 2.75) is 13.5 Å². The standard InChI is InChI=1S/C16H18N6O/c1-12-10-19-15(13-4-3-6-17-11-13)22(12)9-8-18-16(23)14-5-7-20-21(14)2/h3-7,10-11H,8-9H2,1-2H3,(H,18,23). The molecule has 7 nitrogen and oxygen atoms in total. The van der Waals surface area contributed by atoms with Gasteiger partial charge >= 0.3 is 0 Å². The van der Waals surface area contributed by atoms with E-state index in [0.717, 1.165) is 17.1 Å². The number of aryl methyl sites for hydroxylation is 2. The second kappa shape index (κ2) is 6.43. The molecule has 0 aliphatic carbocycles. The van der Waals surface area contributed by atoms with E-state index < -0.39 is 0 Å². The zero-order chi connectivity index (χ0) is 16.2. The lowest BCUT2D eigenvalue weighted by Gasteiger charge is -2.11. The van der Waals surface area contributed by atoms with Gasteiger partial charge in [-0.15, -0.1) is 0 Å². The molecule has 3 aromatic rings. The maximum absolute atomic E-state index is 12.1. The molecule has 0 unspecified atom stereocenters.